The van der Waals surface area contributed by atoms with Gasteiger partial charge in [0.2, 0.25) is 0 Å². The van der Waals surface area contributed by atoms with Crippen LogP contribution in [0, 0.1) is 13.8 Å². The third kappa shape index (κ3) is 2.87. The molecule has 0 fully saturated rings. The maximum Gasteiger partial charge on any atom is 0.259 e. The van der Waals surface area contributed by atoms with E-state index in [1.165, 1.54) is 11.3 Å². The summed E-state index contributed by atoms with van der Waals surface area (Å²) in [5, 5.41) is 5.27. The Balaban J connectivity index is 1.87. The van der Waals surface area contributed by atoms with Gasteiger partial charge in [-0.25, -0.2) is 4.98 Å². The van der Waals surface area contributed by atoms with Crippen LogP contribution in [0.5, 0.6) is 0 Å². The number of hydrogen-bond acceptors (Lipinski definition) is 4. The first-order valence-electron chi connectivity index (χ1n) is 6.51. The molecular formula is C15H14BrN3OS. The first-order valence-corrected chi connectivity index (χ1v) is 8.18. The van der Waals surface area contributed by atoms with Crippen molar-refractivity contribution < 1.29 is 0 Å². The summed E-state index contributed by atoms with van der Waals surface area (Å²) in [5.74, 6) is 0. The predicted molar refractivity (Wildman–Crippen MR) is 90.3 cm³/mol. The molecule has 4 nitrogen and oxygen atoms in total. The van der Waals surface area contributed by atoms with E-state index in [0.29, 0.717) is 6.54 Å². The lowest BCUT2D eigenvalue weighted by Gasteiger charge is -2.09. The molecule has 0 amide bonds. The maximum absolute atomic E-state index is 12.1. The summed E-state index contributed by atoms with van der Waals surface area (Å²) >= 11 is 4.94. The molecule has 0 saturated carbocycles. The van der Waals surface area contributed by atoms with Crippen LogP contribution in [0.1, 0.15) is 17.0 Å². The Labute approximate surface area is 134 Å². The van der Waals surface area contributed by atoms with Crippen LogP contribution < -0.4 is 10.9 Å². The van der Waals surface area contributed by atoms with E-state index in [9.17, 15) is 4.79 Å². The van der Waals surface area contributed by atoms with Gasteiger partial charge in [-0.05, 0) is 37.6 Å². The molecule has 0 aliphatic rings. The molecule has 0 atom stereocenters. The highest BCUT2D eigenvalue weighted by Crippen LogP contribution is 2.20. The number of benzene rings is 1. The van der Waals surface area contributed by atoms with Gasteiger partial charge in [-0.3, -0.25) is 9.20 Å². The van der Waals surface area contributed by atoms with Crippen LogP contribution >= 0.6 is 27.3 Å². The van der Waals surface area contributed by atoms with Crippen molar-refractivity contribution in [1.29, 1.82) is 0 Å². The predicted octanol–water partition coefficient (Wildman–Crippen LogP) is 3.75. The van der Waals surface area contributed by atoms with Gasteiger partial charge in [0.05, 0.1) is 12.2 Å². The van der Waals surface area contributed by atoms with E-state index in [1.54, 1.807) is 10.5 Å². The Kier molecular flexibility index (Phi) is 3.82. The van der Waals surface area contributed by atoms with E-state index >= 15 is 0 Å². The Hall–Kier alpha value is -1.66. The third-order valence-electron chi connectivity index (χ3n) is 3.28. The van der Waals surface area contributed by atoms with Crippen LogP contribution in [0.4, 0.5) is 5.69 Å². The molecule has 0 saturated heterocycles. The molecule has 0 spiro atoms. The largest absolute Gasteiger partial charge is 0.379 e. The number of thiazole rings is 1. The summed E-state index contributed by atoms with van der Waals surface area (Å²) in [6, 6.07) is 7.65. The standard InChI is InChI=1S/C15H14BrN3OS/c1-9-5-11(16)3-4-13(9)17-7-12-6-14(20)19-10(2)8-21-15(19)18-12/h3-6,8,17H,7H2,1-2H3. The monoisotopic (exact) mass is 363 g/mol. The van der Waals surface area contributed by atoms with Crippen molar-refractivity contribution in [2.24, 2.45) is 0 Å². The number of nitrogens with one attached hydrogen (secondary N) is 1. The highest BCUT2D eigenvalue weighted by Gasteiger charge is 2.07. The van der Waals surface area contributed by atoms with Gasteiger partial charge >= 0.3 is 0 Å². The van der Waals surface area contributed by atoms with Crippen molar-refractivity contribution >= 4 is 37.9 Å². The second-order valence-corrected chi connectivity index (χ2v) is 6.65. The molecule has 0 aliphatic heterocycles. The minimum absolute atomic E-state index is 0.0249. The number of hydrogen-bond donors (Lipinski definition) is 1. The Bertz CT molecular complexity index is 869. The minimum atomic E-state index is -0.0249. The Morgan fingerprint density at radius 1 is 1.33 bits per heavy atom. The molecule has 108 valence electrons. The summed E-state index contributed by atoms with van der Waals surface area (Å²) < 4.78 is 2.69. The van der Waals surface area contributed by atoms with E-state index in [4.69, 9.17) is 0 Å². The lowest BCUT2D eigenvalue weighted by molar-refractivity contribution is 0.965. The number of fused-ring (bicyclic) bond motifs is 1. The normalized spacial score (nSPS) is 11.0. The van der Waals surface area contributed by atoms with Crippen molar-refractivity contribution in [1.82, 2.24) is 9.38 Å². The van der Waals surface area contributed by atoms with E-state index in [2.05, 4.69) is 32.3 Å². The van der Waals surface area contributed by atoms with E-state index < -0.39 is 0 Å². The Morgan fingerprint density at radius 3 is 2.90 bits per heavy atom. The van der Waals surface area contributed by atoms with Gasteiger partial charge in [0.15, 0.2) is 4.96 Å². The molecule has 0 radical (unpaired) electrons. The fraction of sp³-hybridized carbons (Fsp3) is 0.200. The second-order valence-electron chi connectivity index (χ2n) is 4.89. The molecule has 1 N–H and O–H groups in total. The molecule has 6 heteroatoms. The second kappa shape index (κ2) is 5.61. The average molecular weight is 364 g/mol. The zero-order valence-electron chi connectivity index (χ0n) is 11.7. The SMILES string of the molecule is Cc1cc(Br)ccc1NCc1cc(=O)n2c(C)csc2n1. The van der Waals surface area contributed by atoms with Crippen LogP contribution in [0.3, 0.4) is 0 Å². The number of nitrogens with zero attached hydrogens (tertiary/aromatic N) is 2. The zero-order valence-corrected chi connectivity index (χ0v) is 14.1. The quantitative estimate of drug-likeness (QED) is 0.770. The maximum atomic E-state index is 12.1. The van der Waals surface area contributed by atoms with Gasteiger partial charge in [-0.15, -0.1) is 11.3 Å². The van der Waals surface area contributed by atoms with Gasteiger partial charge in [0.1, 0.15) is 0 Å². The summed E-state index contributed by atoms with van der Waals surface area (Å²) in [6.07, 6.45) is 0. The van der Waals surface area contributed by atoms with Crippen LogP contribution in [0.15, 0.2) is 38.9 Å². The van der Waals surface area contributed by atoms with Crippen molar-refractivity contribution in [3.8, 4) is 0 Å². The number of anilines is 1. The van der Waals surface area contributed by atoms with Crippen molar-refractivity contribution in [3.05, 3.63) is 61.4 Å². The van der Waals surface area contributed by atoms with Gasteiger partial charge in [-0.1, -0.05) is 15.9 Å². The summed E-state index contributed by atoms with van der Waals surface area (Å²) in [7, 11) is 0. The van der Waals surface area contributed by atoms with Gasteiger partial charge < -0.3 is 5.32 Å². The number of halogens is 1. The number of rotatable bonds is 3. The highest BCUT2D eigenvalue weighted by molar-refractivity contribution is 9.10. The lowest BCUT2D eigenvalue weighted by Crippen LogP contribution is -2.16. The summed E-state index contributed by atoms with van der Waals surface area (Å²) in [5.41, 5.74) is 3.85. The lowest BCUT2D eigenvalue weighted by atomic mass is 10.2. The van der Waals surface area contributed by atoms with Gasteiger partial charge in [0, 0.05) is 27.3 Å². The van der Waals surface area contributed by atoms with Crippen molar-refractivity contribution in [3.63, 3.8) is 0 Å². The third-order valence-corrected chi connectivity index (χ3v) is 4.71. The number of aryl methyl sites for hydroxylation is 2. The van der Waals surface area contributed by atoms with Crippen molar-refractivity contribution in [2.75, 3.05) is 5.32 Å². The molecule has 3 aromatic rings. The van der Waals surface area contributed by atoms with E-state index in [-0.39, 0.29) is 5.56 Å². The van der Waals surface area contributed by atoms with Crippen molar-refractivity contribution in [2.45, 2.75) is 20.4 Å². The van der Waals surface area contributed by atoms with Gasteiger partial charge in [0.25, 0.3) is 5.56 Å². The fourth-order valence-corrected chi connectivity index (χ4v) is 3.57. The highest BCUT2D eigenvalue weighted by atomic mass is 79.9. The molecule has 2 aromatic heterocycles. The van der Waals surface area contributed by atoms with E-state index in [1.807, 2.05) is 31.4 Å². The number of aromatic nitrogens is 2. The molecule has 2 heterocycles. The molecule has 0 aliphatic carbocycles. The zero-order chi connectivity index (χ0) is 15.0. The fourth-order valence-electron chi connectivity index (χ4n) is 2.20. The molecule has 1 aromatic carbocycles. The molecule has 0 bridgehead atoms. The van der Waals surface area contributed by atoms with Crippen LogP contribution in [0.2, 0.25) is 0 Å². The summed E-state index contributed by atoms with van der Waals surface area (Å²) in [4.78, 5) is 17.4. The van der Waals surface area contributed by atoms with Crippen LogP contribution in [0.25, 0.3) is 4.96 Å². The first kappa shape index (κ1) is 14.3. The molecule has 21 heavy (non-hydrogen) atoms. The summed E-state index contributed by atoms with van der Waals surface area (Å²) in [6.45, 7) is 4.49. The first-order chi connectivity index (χ1) is 10.0. The smallest absolute Gasteiger partial charge is 0.259 e. The molecular weight excluding hydrogens is 350 g/mol. The van der Waals surface area contributed by atoms with E-state index in [0.717, 1.165) is 32.1 Å². The van der Waals surface area contributed by atoms with Gasteiger partial charge in [-0.2, -0.15) is 0 Å². The minimum Gasteiger partial charge on any atom is -0.379 e. The molecule has 3 rings (SSSR count). The van der Waals surface area contributed by atoms with Crippen LogP contribution in [-0.2, 0) is 6.54 Å². The molecule has 0 unspecified atom stereocenters. The van der Waals surface area contributed by atoms with Crippen LogP contribution in [-0.4, -0.2) is 9.38 Å². The topological polar surface area (TPSA) is 46.4 Å². The Morgan fingerprint density at radius 2 is 2.14 bits per heavy atom. The average Bonchev–Trinajstić information content (AvgIpc) is 2.80.